The molecular formula is C17H14ClFN4. The molecule has 1 heterocycles. The van der Waals surface area contributed by atoms with Crippen molar-refractivity contribution in [3.05, 3.63) is 71.3 Å². The highest BCUT2D eigenvalue weighted by Gasteiger charge is 2.04. The molecular weight excluding hydrogens is 315 g/mol. The molecule has 0 amide bonds. The molecule has 0 spiro atoms. The lowest BCUT2D eigenvalue weighted by molar-refractivity contribution is 0.628. The van der Waals surface area contributed by atoms with Crippen LogP contribution in [0.1, 0.15) is 5.56 Å². The first-order valence-corrected chi connectivity index (χ1v) is 7.36. The highest BCUT2D eigenvalue weighted by molar-refractivity contribution is 6.31. The van der Waals surface area contributed by atoms with Crippen LogP contribution in [0, 0.1) is 12.7 Å². The average Bonchev–Trinajstić information content (AvgIpc) is 2.54. The maximum absolute atomic E-state index is 13.2. The second kappa shape index (κ2) is 6.62. The van der Waals surface area contributed by atoms with Gasteiger partial charge < -0.3 is 10.6 Å². The van der Waals surface area contributed by atoms with E-state index in [-0.39, 0.29) is 5.02 Å². The Balaban J connectivity index is 1.79. The van der Waals surface area contributed by atoms with E-state index >= 15 is 0 Å². The predicted molar refractivity (Wildman–Crippen MR) is 91.2 cm³/mol. The highest BCUT2D eigenvalue weighted by atomic mass is 35.5. The molecule has 0 atom stereocenters. The molecule has 3 aromatic rings. The Hall–Kier alpha value is -2.66. The largest absolute Gasteiger partial charge is 0.340 e. The van der Waals surface area contributed by atoms with Crippen LogP contribution in [0.3, 0.4) is 0 Å². The molecule has 2 aromatic carbocycles. The second-order valence-electron chi connectivity index (χ2n) is 4.98. The zero-order valence-electron chi connectivity index (χ0n) is 12.3. The van der Waals surface area contributed by atoms with Crippen LogP contribution >= 0.6 is 11.6 Å². The van der Waals surface area contributed by atoms with Crippen molar-refractivity contribution in [3.8, 4) is 0 Å². The van der Waals surface area contributed by atoms with E-state index < -0.39 is 5.82 Å². The number of hydrogen-bond acceptors (Lipinski definition) is 4. The molecule has 116 valence electrons. The zero-order valence-corrected chi connectivity index (χ0v) is 13.1. The van der Waals surface area contributed by atoms with E-state index in [1.807, 2.05) is 31.2 Å². The highest BCUT2D eigenvalue weighted by Crippen LogP contribution is 2.24. The fourth-order valence-electron chi connectivity index (χ4n) is 2.07. The number of nitrogens with zero attached hydrogens (tertiary/aromatic N) is 2. The Morgan fingerprint density at radius 2 is 1.70 bits per heavy atom. The average molecular weight is 329 g/mol. The van der Waals surface area contributed by atoms with Gasteiger partial charge in [-0.1, -0.05) is 29.8 Å². The van der Waals surface area contributed by atoms with Crippen molar-refractivity contribution in [3.63, 3.8) is 0 Å². The number of aromatic nitrogens is 2. The molecule has 0 unspecified atom stereocenters. The number of anilines is 4. The summed E-state index contributed by atoms with van der Waals surface area (Å²) in [5.41, 5.74) is 2.74. The van der Waals surface area contributed by atoms with Gasteiger partial charge in [-0.3, -0.25) is 0 Å². The smallest absolute Gasteiger partial charge is 0.141 e. The summed E-state index contributed by atoms with van der Waals surface area (Å²) in [7, 11) is 0. The van der Waals surface area contributed by atoms with E-state index in [1.165, 1.54) is 18.5 Å². The Morgan fingerprint density at radius 1 is 0.957 bits per heavy atom. The second-order valence-corrected chi connectivity index (χ2v) is 5.39. The minimum absolute atomic E-state index is 0.0577. The number of benzene rings is 2. The van der Waals surface area contributed by atoms with Crippen LogP contribution in [0.15, 0.2) is 54.9 Å². The summed E-state index contributed by atoms with van der Waals surface area (Å²) < 4.78 is 13.2. The van der Waals surface area contributed by atoms with Gasteiger partial charge >= 0.3 is 0 Å². The van der Waals surface area contributed by atoms with E-state index in [9.17, 15) is 4.39 Å². The van der Waals surface area contributed by atoms with Crippen molar-refractivity contribution in [2.75, 3.05) is 10.6 Å². The fourth-order valence-corrected chi connectivity index (χ4v) is 2.25. The minimum Gasteiger partial charge on any atom is -0.340 e. The van der Waals surface area contributed by atoms with Gasteiger partial charge in [0, 0.05) is 17.4 Å². The molecule has 0 aliphatic carbocycles. The number of para-hydroxylation sites is 1. The predicted octanol–water partition coefficient (Wildman–Crippen LogP) is 5.06. The lowest BCUT2D eigenvalue weighted by atomic mass is 10.2. The van der Waals surface area contributed by atoms with Crippen LogP contribution in [0.4, 0.5) is 27.4 Å². The van der Waals surface area contributed by atoms with E-state index in [2.05, 4.69) is 20.6 Å². The first-order chi connectivity index (χ1) is 11.1. The minimum atomic E-state index is -0.457. The van der Waals surface area contributed by atoms with Gasteiger partial charge in [0.1, 0.15) is 23.8 Å². The normalized spacial score (nSPS) is 10.4. The summed E-state index contributed by atoms with van der Waals surface area (Å²) in [6.07, 6.45) is 1.45. The van der Waals surface area contributed by atoms with Crippen molar-refractivity contribution >= 4 is 34.6 Å². The maximum Gasteiger partial charge on any atom is 0.141 e. The van der Waals surface area contributed by atoms with Crippen molar-refractivity contribution in [1.82, 2.24) is 9.97 Å². The summed E-state index contributed by atoms with van der Waals surface area (Å²) in [5, 5.41) is 6.37. The molecule has 0 aliphatic rings. The SMILES string of the molecule is Cc1ccccc1Nc1cc(Nc2ccc(F)c(Cl)c2)ncn1. The third-order valence-electron chi connectivity index (χ3n) is 3.27. The molecule has 23 heavy (non-hydrogen) atoms. The van der Waals surface area contributed by atoms with Crippen LogP contribution in [0.5, 0.6) is 0 Å². The fraction of sp³-hybridized carbons (Fsp3) is 0.0588. The monoisotopic (exact) mass is 328 g/mol. The first kappa shape index (κ1) is 15.2. The maximum atomic E-state index is 13.2. The number of hydrogen-bond donors (Lipinski definition) is 2. The van der Waals surface area contributed by atoms with Crippen molar-refractivity contribution in [2.45, 2.75) is 6.92 Å². The van der Waals surface area contributed by atoms with Gasteiger partial charge in [0.2, 0.25) is 0 Å². The topological polar surface area (TPSA) is 49.8 Å². The number of nitrogens with one attached hydrogen (secondary N) is 2. The van der Waals surface area contributed by atoms with Crippen LogP contribution < -0.4 is 10.6 Å². The summed E-state index contributed by atoms with van der Waals surface area (Å²) in [6, 6.07) is 14.1. The number of aryl methyl sites for hydroxylation is 1. The third kappa shape index (κ3) is 3.76. The van der Waals surface area contributed by atoms with Gasteiger partial charge in [0.25, 0.3) is 0 Å². The molecule has 2 N–H and O–H groups in total. The van der Waals surface area contributed by atoms with Crippen LogP contribution in [0.2, 0.25) is 5.02 Å². The summed E-state index contributed by atoms with van der Waals surface area (Å²) in [5.74, 6) is 0.783. The third-order valence-corrected chi connectivity index (χ3v) is 3.56. The van der Waals surface area contributed by atoms with Crippen molar-refractivity contribution < 1.29 is 4.39 Å². The Bertz CT molecular complexity index is 838. The van der Waals surface area contributed by atoms with Gasteiger partial charge in [0.05, 0.1) is 5.02 Å². The molecule has 3 rings (SSSR count). The molecule has 4 nitrogen and oxygen atoms in total. The number of halogens is 2. The Kier molecular flexibility index (Phi) is 4.39. The van der Waals surface area contributed by atoms with E-state index in [0.29, 0.717) is 17.3 Å². The first-order valence-electron chi connectivity index (χ1n) is 6.98. The van der Waals surface area contributed by atoms with E-state index in [4.69, 9.17) is 11.6 Å². The van der Waals surface area contributed by atoms with Crippen LogP contribution in [-0.2, 0) is 0 Å². The number of rotatable bonds is 4. The molecule has 0 fully saturated rings. The molecule has 1 aromatic heterocycles. The molecule has 6 heteroatoms. The van der Waals surface area contributed by atoms with Crippen LogP contribution in [0.25, 0.3) is 0 Å². The summed E-state index contributed by atoms with van der Waals surface area (Å²) in [6.45, 7) is 2.02. The van der Waals surface area contributed by atoms with Crippen LogP contribution in [-0.4, -0.2) is 9.97 Å². The summed E-state index contributed by atoms with van der Waals surface area (Å²) >= 11 is 5.78. The Labute approximate surface area is 138 Å². The summed E-state index contributed by atoms with van der Waals surface area (Å²) in [4.78, 5) is 8.35. The van der Waals surface area contributed by atoms with E-state index in [0.717, 1.165) is 11.3 Å². The molecule has 0 radical (unpaired) electrons. The molecule has 0 bridgehead atoms. The van der Waals surface area contributed by atoms with Gasteiger partial charge in [0.15, 0.2) is 0 Å². The lowest BCUT2D eigenvalue weighted by Gasteiger charge is -2.10. The van der Waals surface area contributed by atoms with E-state index in [1.54, 1.807) is 12.1 Å². The lowest BCUT2D eigenvalue weighted by Crippen LogP contribution is -1.99. The van der Waals surface area contributed by atoms with Crippen molar-refractivity contribution in [2.24, 2.45) is 0 Å². The zero-order chi connectivity index (χ0) is 16.2. The Morgan fingerprint density at radius 3 is 2.43 bits per heavy atom. The van der Waals surface area contributed by atoms with Gasteiger partial charge in [-0.15, -0.1) is 0 Å². The molecule has 0 saturated heterocycles. The van der Waals surface area contributed by atoms with Gasteiger partial charge in [-0.2, -0.15) is 0 Å². The molecule has 0 aliphatic heterocycles. The van der Waals surface area contributed by atoms with Crippen molar-refractivity contribution in [1.29, 1.82) is 0 Å². The quantitative estimate of drug-likeness (QED) is 0.702. The van der Waals surface area contributed by atoms with Gasteiger partial charge in [-0.25, -0.2) is 14.4 Å². The van der Waals surface area contributed by atoms with Gasteiger partial charge in [-0.05, 0) is 36.8 Å². The standard InChI is InChI=1S/C17H14ClFN4/c1-11-4-2-3-5-15(11)23-17-9-16(20-10-21-17)22-12-6-7-14(19)13(18)8-12/h2-10H,1H3,(H2,20,21,22,23). The molecule has 0 saturated carbocycles.